The van der Waals surface area contributed by atoms with Crippen molar-refractivity contribution in [1.82, 2.24) is 0 Å². The topological polar surface area (TPSA) is 54.3 Å². The number of anilines is 1. The Morgan fingerprint density at radius 2 is 2.00 bits per heavy atom. The number of para-hydroxylation sites is 1. The lowest BCUT2D eigenvalue weighted by Crippen LogP contribution is -2.20. The number of rotatable bonds is 6. The summed E-state index contributed by atoms with van der Waals surface area (Å²) in [5, 5.41) is 11.7. The molecule has 0 spiro atoms. The third kappa shape index (κ3) is 3.94. The van der Waals surface area contributed by atoms with E-state index in [-0.39, 0.29) is 22.6 Å². The summed E-state index contributed by atoms with van der Waals surface area (Å²) in [6.45, 7) is 0.412. The van der Waals surface area contributed by atoms with Gasteiger partial charge in [0, 0.05) is 18.4 Å². The minimum atomic E-state index is -4.77. The lowest BCUT2D eigenvalue weighted by molar-refractivity contribution is -0.274. The molecule has 1 aromatic rings. The van der Waals surface area contributed by atoms with Crippen LogP contribution in [0, 0.1) is 16.7 Å². The molecule has 1 saturated carbocycles. The van der Waals surface area contributed by atoms with Gasteiger partial charge in [0.25, 0.3) is 0 Å². The predicted octanol–water partition coefficient (Wildman–Crippen LogP) is 3.70. The Morgan fingerprint density at radius 3 is 2.52 bits per heavy atom. The summed E-state index contributed by atoms with van der Waals surface area (Å²) in [7, 11) is 1.38. The maximum atomic E-state index is 12.4. The van der Waals surface area contributed by atoms with Crippen LogP contribution >= 0.6 is 0 Å². The molecule has 0 aliphatic heterocycles. The van der Waals surface area contributed by atoms with Gasteiger partial charge in [-0.2, -0.15) is 5.26 Å². The van der Waals surface area contributed by atoms with Gasteiger partial charge in [-0.05, 0) is 25.0 Å². The van der Waals surface area contributed by atoms with E-state index in [0.717, 1.165) is 12.8 Å². The van der Waals surface area contributed by atoms with E-state index < -0.39 is 6.36 Å². The van der Waals surface area contributed by atoms with E-state index in [1.54, 1.807) is 6.07 Å². The second kappa shape index (κ2) is 5.72. The van der Waals surface area contributed by atoms with E-state index in [4.69, 9.17) is 10.00 Å². The van der Waals surface area contributed by atoms with Gasteiger partial charge >= 0.3 is 6.36 Å². The summed E-state index contributed by atoms with van der Waals surface area (Å²) >= 11 is 0. The van der Waals surface area contributed by atoms with Crippen LogP contribution in [0.2, 0.25) is 0 Å². The molecule has 1 aliphatic rings. The lowest BCUT2D eigenvalue weighted by atomic mass is 10.0. The van der Waals surface area contributed by atoms with E-state index in [0.29, 0.717) is 13.0 Å². The number of hydrogen-bond acceptors (Lipinski definition) is 4. The molecule has 1 N–H and O–H groups in total. The van der Waals surface area contributed by atoms with Gasteiger partial charge in [0.05, 0.1) is 13.2 Å². The zero-order valence-electron chi connectivity index (χ0n) is 11.5. The van der Waals surface area contributed by atoms with Gasteiger partial charge in [0.2, 0.25) is 0 Å². The first-order valence-corrected chi connectivity index (χ1v) is 6.43. The van der Waals surface area contributed by atoms with Crippen molar-refractivity contribution in [3.63, 3.8) is 0 Å². The number of nitriles is 1. The predicted molar refractivity (Wildman–Crippen MR) is 70.1 cm³/mol. The normalized spacial score (nSPS) is 16.0. The molecule has 2 rings (SSSR count). The molecule has 0 heterocycles. The van der Waals surface area contributed by atoms with Crippen molar-refractivity contribution >= 4 is 5.69 Å². The monoisotopic (exact) mass is 300 g/mol. The third-order valence-corrected chi connectivity index (χ3v) is 3.48. The third-order valence-electron chi connectivity index (χ3n) is 3.48. The first kappa shape index (κ1) is 15.3. The highest BCUT2D eigenvalue weighted by molar-refractivity contribution is 5.66. The Bertz CT molecular complexity index is 548. The second-order valence-electron chi connectivity index (χ2n) is 5.07. The molecule has 1 fully saturated rings. The van der Waals surface area contributed by atoms with E-state index >= 15 is 0 Å². The van der Waals surface area contributed by atoms with Gasteiger partial charge in [-0.1, -0.05) is 6.07 Å². The quantitative estimate of drug-likeness (QED) is 0.870. The second-order valence-corrected chi connectivity index (χ2v) is 5.07. The molecule has 0 atom stereocenters. The number of benzene rings is 1. The Kier molecular flexibility index (Phi) is 4.16. The van der Waals surface area contributed by atoms with Crippen molar-refractivity contribution in [2.24, 2.45) is 5.41 Å². The number of nitrogens with zero attached hydrogens (tertiary/aromatic N) is 1. The van der Waals surface area contributed by atoms with Crippen molar-refractivity contribution < 1.29 is 22.6 Å². The average Bonchev–Trinajstić information content (AvgIpc) is 3.16. The molecule has 21 heavy (non-hydrogen) atoms. The minimum Gasteiger partial charge on any atom is -0.494 e. The van der Waals surface area contributed by atoms with Crippen LogP contribution in [-0.2, 0) is 0 Å². The van der Waals surface area contributed by atoms with Crippen molar-refractivity contribution in [3.8, 4) is 17.6 Å². The zero-order chi connectivity index (χ0) is 15.5. The maximum absolute atomic E-state index is 12.4. The Hall–Kier alpha value is -2.10. The highest BCUT2D eigenvalue weighted by Crippen LogP contribution is 2.49. The molecule has 4 nitrogen and oxygen atoms in total. The molecule has 114 valence electrons. The summed E-state index contributed by atoms with van der Waals surface area (Å²) in [6, 6.07) is 6.31. The van der Waals surface area contributed by atoms with Crippen LogP contribution in [0.1, 0.15) is 19.3 Å². The van der Waals surface area contributed by atoms with Crippen LogP contribution in [0.15, 0.2) is 18.2 Å². The van der Waals surface area contributed by atoms with Gasteiger partial charge in [0.15, 0.2) is 5.75 Å². The number of halogens is 3. The minimum absolute atomic E-state index is 0.148. The Labute approximate surface area is 120 Å². The molecule has 7 heteroatoms. The Balaban J connectivity index is 2.18. The molecule has 0 saturated heterocycles. The average molecular weight is 300 g/mol. The maximum Gasteiger partial charge on any atom is 0.573 e. The summed E-state index contributed by atoms with van der Waals surface area (Å²) in [5.74, 6) is -0.0703. The highest BCUT2D eigenvalue weighted by atomic mass is 19.4. The standard InChI is InChI=1S/C14H15F3N2O2/c1-20-10-3-2-4-11(21-14(15,16)17)12(10)19-9-13(5-6-13)7-8-18/h2-4,19H,5-7,9H2,1H3. The zero-order valence-corrected chi connectivity index (χ0v) is 11.5. The molecule has 0 bridgehead atoms. The van der Waals surface area contributed by atoms with Crippen LogP contribution in [0.5, 0.6) is 11.5 Å². The number of ether oxygens (including phenoxy) is 2. The van der Waals surface area contributed by atoms with Crippen LogP contribution in [-0.4, -0.2) is 20.0 Å². The van der Waals surface area contributed by atoms with Gasteiger partial charge in [-0.3, -0.25) is 0 Å². The molecular formula is C14H15F3N2O2. The highest BCUT2D eigenvalue weighted by Gasteiger charge is 2.42. The largest absolute Gasteiger partial charge is 0.573 e. The molecule has 1 aromatic carbocycles. The first-order chi connectivity index (χ1) is 9.89. The van der Waals surface area contributed by atoms with Crippen molar-refractivity contribution in [3.05, 3.63) is 18.2 Å². The number of nitrogens with one attached hydrogen (secondary N) is 1. The van der Waals surface area contributed by atoms with Crippen LogP contribution < -0.4 is 14.8 Å². The van der Waals surface area contributed by atoms with Gasteiger partial charge in [0.1, 0.15) is 11.4 Å². The fourth-order valence-electron chi connectivity index (χ4n) is 2.10. The Morgan fingerprint density at radius 1 is 1.33 bits per heavy atom. The first-order valence-electron chi connectivity index (χ1n) is 6.43. The number of hydrogen-bond donors (Lipinski definition) is 1. The smallest absolute Gasteiger partial charge is 0.494 e. The summed E-state index contributed by atoms with van der Waals surface area (Å²) < 4.78 is 46.4. The molecule has 1 aliphatic carbocycles. The van der Waals surface area contributed by atoms with Gasteiger partial charge in [-0.15, -0.1) is 13.2 Å². The molecule has 0 unspecified atom stereocenters. The molecule has 0 amide bonds. The fourth-order valence-corrected chi connectivity index (χ4v) is 2.10. The van der Waals surface area contributed by atoms with Crippen molar-refractivity contribution in [1.29, 1.82) is 5.26 Å². The van der Waals surface area contributed by atoms with E-state index in [1.807, 2.05) is 0 Å². The van der Waals surface area contributed by atoms with Crippen LogP contribution in [0.25, 0.3) is 0 Å². The van der Waals surface area contributed by atoms with Gasteiger partial charge < -0.3 is 14.8 Å². The van der Waals surface area contributed by atoms with Crippen LogP contribution in [0.4, 0.5) is 18.9 Å². The summed E-state index contributed by atoms with van der Waals surface area (Å²) in [5.41, 5.74) is 0.00649. The fraction of sp³-hybridized carbons (Fsp3) is 0.500. The summed E-state index contributed by atoms with van der Waals surface area (Å²) in [6.07, 6.45) is -2.62. The van der Waals surface area contributed by atoms with Crippen molar-refractivity contribution in [2.45, 2.75) is 25.6 Å². The van der Waals surface area contributed by atoms with E-state index in [2.05, 4.69) is 16.1 Å². The lowest BCUT2D eigenvalue weighted by Gasteiger charge is -2.19. The van der Waals surface area contributed by atoms with E-state index in [9.17, 15) is 13.2 Å². The van der Waals surface area contributed by atoms with Crippen molar-refractivity contribution in [2.75, 3.05) is 19.0 Å². The number of methoxy groups -OCH3 is 1. The SMILES string of the molecule is COc1cccc(OC(F)(F)F)c1NCC1(CC#N)CC1. The molecule has 0 aromatic heterocycles. The molecular weight excluding hydrogens is 285 g/mol. The summed E-state index contributed by atoms with van der Waals surface area (Å²) in [4.78, 5) is 0. The number of alkyl halides is 3. The van der Waals surface area contributed by atoms with Gasteiger partial charge in [-0.25, -0.2) is 0 Å². The van der Waals surface area contributed by atoms with Crippen LogP contribution in [0.3, 0.4) is 0 Å². The molecule has 0 radical (unpaired) electrons. The van der Waals surface area contributed by atoms with E-state index in [1.165, 1.54) is 19.2 Å².